The molecule has 3 nitrogen and oxygen atoms in total. The van der Waals surface area contributed by atoms with Crippen LogP contribution in [0, 0.1) is 5.92 Å². The third-order valence-corrected chi connectivity index (χ3v) is 3.29. The fourth-order valence-electron chi connectivity index (χ4n) is 1.39. The SMILES string of the molecule is CN(CCc1nccs1)C(=O)C1CC1. The van der Waals surface area contributed by atoms with Crippen molar-refractivity contribution in [2.45, 2.75) is 19.3 Å². The van der Waals surface area contributed by atoms with E-state index in [2.05, 4.69) is 4.98 Å². The summed E-state index contributed by atoms with van der Waals surface area (Å²) in [5, 5.41) is 3.08. The molecule has 0 N–H and O–H groups in total. The largest absolute Gasteiger partial charge is 0.345 e. The monoisotopic (exact) mass is 210 g/mol. The van der Waals surface area contributed by atoms with Crippen molar-refractivity contribution < 1.29 is 4.79 Å². The van der Waals surface area contributed by atoms with Gasteiger partial charge in [0, 0.05) is 37.5 Å². The highest BCUT2D eigenvalue weighted by Crippen LogP contribution is 2.30. The lowest BCUT2D eigenvalue weighted by molar-refractivity contribution is -0.131. The van der Waals surface area contributed by atoms with Gasteiger partial charge in [-0.2, -0.15) is 0 Å². The minimum atomic E-state index is 0.307. The van der Waals surface area contributed by atoms with Crippen LogP contribution in [0.25, 0.3) is 0 Å². The minimum Gasteiger partial charge on any atom is -0.345 e. The second-order valence-electron chi connectivity index (χ2n) is 3.71. The first-order valence-corrected chi connectivity index (χ1v) is 5.78. The molecule has 0 bridgehead atoms. The maximum atomic E-state index is 11.6. The van der Waals surface area contributed by atoms with Crippen LogP contribution >= 0.6 is 11.3 Å². The molecule has 0 unspecified atom stereocenters. The Morgan fingerprint density at radius 2 is 2.50 bits per heavy atom. The smallest absolute Gasteiger partial charge is 0.225 e. The highest BCUT2D eigenvalue weighted by atomic mass is 32.1. The van der Waals surface area contributed by atoms with Crippen molar-refractivity contribution in [1.29, 1.82) is 0 Å². The number of hydrogen-bond acceptors (Lipinski definition) is 3. The van der Waals surface area contributed by atoms with Gasteiger partial charge in [0.05, 0.1) is 5.01 Å². The first-order valence-electron chi connectivity index (χ1n) is 4.90. The van der Waals surface area contributed by atoms with Crippen LogP contribution < -0.4 is 0 Å². The number of amides is 1. The first kappa shape index (κ1) is 9.65. The number of aromatic nitrogens is 1. The predicted octanol–water partition coefficient (Wildman–Crippen LogP) is 1.55. The molecule has 0 aromatic carbocycles. The van der Waals surface area contributed by atoms with E-state index >= 15 is 0 Å². The fourth-order valence-corrected chi connectivity index (χ4v) is 2.00. The molecular weight excluding hydrogens is 196 g/mol. The van der Waals surface area contributed by atoms with E-state index in [-0.39, 0.29) is 0 Å². The second kappa shape index (κ2) is 4.09. The fraction of sp³-hybridized carbons (Fsp3) is 0.600. The number of thiazole rings is 1. The average Bonchev–Trinajstić information content (AvgIpc) is 2.91. The number of carbonyl (C=O) groups excluding carboxylic acids is 1. The molecule has 1 aromatic heterocycles. The van der Waals surface area contributed by atoms with Crippen molar-refractivity contribution in [1.82, 2.24) is 9.88 Å². The summed E-state index contributed by atoms with van der Waals surface area (Å²) in [5.74, 6) is 0.637. The molecule has 1 aromatic rings. The van der Waals surface area contributed by atoms with Crippen LogP contribution in [0.2, 0.25) is 0 Å². The number of nitrogens with zero attached hydrogens (tertiary/aromatic N) is 2. The van der Waals surface area contributed by atoms with E-state index in [1.807, 2.05) is 23.5 Å². The maximum Gasteiger partial charge on any atom is 0.225 e. The van der Waals surface area contributed by atoms with Crippen LogP contribution in [-0.2, 0) is 11.2 Å². The lowest BCUT2D eigenvalue weighted by atomic mass is 10.3. The van der Waals surface area contributed by atoms with E-state index in [0.29, 0.717) is 11.8 Å². The molecule has 76 valence electrons. The molecule has 1 aliphatic carbocycles. The second-order valence-corrected chi connectivity index (χ2v) is 4.69. The van der Waals surface area contributed by atoms with Gasteiger partial charge in [0.15, 0.2) is 0 Å². The summed E-state index contributed by atoms with van der Waals surface area (Å²) < 4.78 is 0. The van der Waals surface area contributed by atoms with Gasteiger partial charge in [-0.1, -0.05) is 0 Å². The van der Waals surface area contributed by atoms with Crippen LogP contribution in [0.4, 0.5) is 0 Å². The standard InChI is InChI=1S/C10H14N2OS/c1-12(10(13)8-2-3-8)6-4-9-11-5-7-14-9/h5,7-8H,2-4,6H2,1H3. The van der Waals surface area contributed by atoms with Gasteiger partial charge in [0.1, 0.15) is 0 Å². The molecule has 14 heavy (non-hydrogen) atoms. The Morgan fingerprint density at radius 3 is 3.07 bits per heavy atom. The number of rotatable bonds is 4. The van der Waals surface area contributed by atoms with E-state index in [0.717, 1.165) is 30.8 Å². The number of carbonyl (C=O) groups is 1. The molecule has 0 atom stereocenters. The number of likely N-dealkylation sites (N-methyl/N-ethyl adjacent to an activating group) is 1. The van der Waals surface area contributed by atoms with Crippen LogP contribution in [0.5, 0.6) is 0 Å². The van der Waals surface area contributed by atoms with Gasteiger partial charge in [-0.15, -0.1) is 11.3 Å². The molecule has 4 heteroatoms. The summed E-state index contributed by atoms with van der Waals surface area (Å²) in [6, 6.07) is 0. The third kappa shape index (κ3) is 2.32. The van der Waals surface area contributed by atoms with E-state index in [1.165, 1.54) is 0 Å². The lowest BCUT2D eigenvalue weighted by Crippen LogP contribution is -2.29. The van der Waals surface area contributed by atoms with E-state index in [1.54, 1.807) is 11.3 Å². The predicted molar refractivity (Wildman–Crippen MR) is 56.2 cm³/mol. The lowest BCUT2D eigenvalue weighted by Gasteiger charge is -2.15. The quantitative estimate of drug-likeness (QED) is 0.755. The summed E-state index contributed by atoms with van der Waals surface area (Å²) in [6.45, 7) is 0.794. The molecule has 2 rings (SSSR count). The molecule has 0 saturated heterocycles. The van der Waals surface area contributed by atoms with Crippen molar-refractivity contribution >= 4 is 17.2 Å². The van der Waals surface area contributed by atoms with Crippen LogP contribution in [0.15, 0.2) is 11.6 Å². The Kier molecular flexibility index (Phi) is 2.82. The van der Waals surface area contributed by atoms with Gasteiger partial charge in [0.2, 0.25) is 5.91 Å². The van der Waals surface area contributed by atoms with Crippen LogP contribution in [0.1, 0.15) is 17.8 Å². The van der Waals surface area contributed by atoms with Crippen molar-refractivity contribution in [2.24, 2.45) is 5.92 Å². The molecule has 1 heterocycles. The highest BCUT2D eigenvalue weighted by Gasteiger charge is 2.31. The molecule has 0 aliphatic heterocycles. The molecule has 1 aliphatic rings. The molecule has 1 fully saturated rings. The number of hydrogen-bond donors (Lipinski definition) is 0. The van der Waals surface area contributed by atoms with Crippen molar-refractivity contribution in [2.75, 3.05) is 13.6 Å². The summed E-state index contributed by atoms with van der Waals surface area (Å²) in [6.07, 6.45) is 4.86. The van der Waals surface area contributed by atoms with Crippen LogP contribution in [0.3, 0.4) is 0 Å². The van der Waals surface area contributed by atoms with Gasteiger partial charge < -0.3 is 4.90 Å². The zero-order valence-electron chi connectivity index (χ0n) is 8.27. The zero-order valence-corrected chi connectivity index (χ0v) is 9.09. The Hall–Kier alpha value is -0.900. The molecule has 0 spiro atoms. The average molecular weight is 210 g/mol. The van der Waals surface area contributed by atoms with E-state index in [4.69, 9.17) is 0 Å². The highest BCUT2D eigenvalue weighted by molar-refractivity contribution is 7.09. The van der Waals surface area contributed by atoms with Gasteiger partial charge in [0.25, 0.3) is 0 Å². The molecule has 0 radical (unpaired) electrons. The third-order valence-electron chi connectivity index (χ3n) is 2.45. The normalized spacial score (nSPS) is 15.5. The Balaban J connectivity index is 1.77. The molecule has 1 amide bonds. The first-order chi connectivity index (χ1) is 6.77. The van der Waals surface area contributed by atoms with Gasteiger partial charge in [-0.3, -0.25) is 4.79 Å². The summed E-state index contributed by atoms with van der Waals surface area (Å²) >= 11 is 1.65. The van der Waals surface area contributed by atoms with E-state index in [9.17, 15) is 4.79 Å². The topological polar surface area (TPSA) is 33.2 Å². The summed E-state index contributed by atoms with van der Waals surface area (Å²) in [7, 11) is 1.88. The summed E-state index contributed by atoms with van der Waals surface area (Å²) in [5.41, 5.74) is 0. The Morgan fingerprint density at radius 1 is 1.71 bits per heavy atom. The maximum absolute atomic E-state index is 11.6. The van der Waals surface area contributed by atoms with Gasteiger partial charge in [-0.05, 0) is 12.8 Å². The van der Waals surface area contributed by atoms with Crippen molar-refractivity contribution in [3.8, 4) is 0 Å². The van der Waals surface area contributed by atoms with Crippen molar-refractivity contribution in [3.63, 3.8) is 0 Å². The Labute approximate surface area is 87.8 Å². The summed E-state index contributed by atoms with van der Waals surface area (Å²) in [4.78, 5) is 17.6. The zero-order chi connectivity index (χ0) is 9.97. The van der Waals surface area contributed by atoms with Crippen molar-refractivity contribution in [3.05, 3.63) is 16.6 Å². The van der Waals surface area contributed by atoms with Gasteiger partial charge in [-0.25, -0.2) is 4.98 Å². The Bertz CT molecular complexity index is 306. The van der Waals surface area contributed by atoms with Gasteiger partial charge >= 0.3 is 0 Å². The molecular formula is C10H14N2OS. The van der Waals surface area contributed by atoms with Crippen LogP contribution in [-0.4, -0.2) is 29.4 Å². The van der Waals surface area contributed by atoms with E-state index < -0.39 is 0 Å². The molecule has 1 saturated carbocycles. The minimum absolute atomic E-state index is 0.307.